The van der Waals surface area contributed by atoms with E-state index in [4.69, 9.17) is 0 Å². The Kier molecular flexibility index (Phi) is 16.2. The number of unbranched alkanes of at least 4 members (excludes halogenated alkanes) is 9. The molecule has 0 aromatic heterocycles. The van der Waals surface area contributed by atoms with Crippen LogP contribution < -0.4 is 0 Å². The van der Waals surface area contributed by atoms with Crippen LogP contribution in [0.25, 0.3) is 0 Å². The molecule has 0 saturated carbocycles. The van der Waals surface area contributed by atoms with Crippen molar-refractivity contribution in [1.29, 1.82) is 0 Å². The van der Waals surface area contributed by atoms with Gasteiger partial charge in [-0.25, -0.2) is 0 Å². The van der Waals surface area contributed by atoms with Gasteiger partial charge in [0.1, 0.15) is 0 Å². The lowest BCUT2D eigenvalue weighted by Crippen LogP contribution is -2.17. The van der Waals surface area contributed by atoms with Crippen molar-refractivity contribution in [2.45, 2.75) is 144 Å². The molecule has 0 aliphatic heterocycles. The van der Waals surface area contributed by atoms with Crippen molar-refractivity contribution in [3.05, 3.63) is 0 Å². The summed E-state index contributed by atoms with van der Waals surface area (Å²) in [5.74, 6) is 1.87. The van der Waals surface area contributed by atoms with Crippen molar-refractivity contribution < 1.29 is 0 Å². The van der Waals surface area contributed by atoms with E-state index >= 15 is 0 Å². The Morgan fingerprint density at radius 3 is 1.36 bits per heavy atom. The minimum atomic E-state index is 0.481. The fraction of sp³-hybridized carbons (Fsp3) is 1.00. The van der Waals surface area contributed by atoms with Gasteiger partial charge in [0.15, 0.2) is 0 Å². The van der Waals surface area contributed by atoms with Crippen LogP contribution >= 0.6 is 0 Å². The number of hydrogen-bond donors (Lipinski definition) is 0. The van der Waals surface area contributed by atoms with E-state index in [1.165, 1.54) is 103 Å². The van der Waals surface area contributed by atoms with Gasteiger partial charge in [-0.3, -0.25) is 0 Å². The van der Waals surface area contributed by atoms with Gasteiger partial charge in [0.25, 0.3) is 0 Å². The van der Waals surface area contributed by atoms with Crippen LogP contribution in [-0.4, -0.2) is 0 Å². The highest BCUT2D eigenvalue weighted by Gasteiger charge is 2.19. The Morgan fingerprint density at radius 2 is 0.920 bits per heavy atom. The molecule has 0 aromatic rings. The van der Waals surface area contributed by atoms with Gasteiger partial charge >= 0.3 is 0 Å². The molecule has 0 amide bonds. The molecule has 0 aromatic carbocycles. The van der Waals surface area contributed by atoms with E-state index in [9.17, 15) is 0 Å². The Morgan fingerprint density at radius 1 is 0.520 bits per heavy atom. The average Bonchev–Trinajstić information content (AvgIpc) is 2.56. The number of hydrogen-bond acceptors (Lipinski definition) is 0. The van der Waals surface area contributed by atoms with Crippen molar-refractivity contribution >= 4 is 0 Å². The molecule has 0 rings (SSSR count). The standard InChI is InChI=1S/C25H52/c1-7-9-11-13-15-17-21-24(20-16-14-12-10-8-2)22-18-19-23(3)25(4,5)6/h23-24H,7-22H2,1-6H3. The summed E-state index contributed by atoms with van der Waals surface area (Å²) in [6, 6.07) is 0. The monoisotopic (exact) mass is 352 g/mol. The first-order valence-electron chi connectivity index (χ1n) is 11.9. The Balaban J connectivity index is 4.01. The van der Waals surface area contributed by atoms with Crippen molar-refractivity contribution in [3.8, 4) is 0 Å². The summed E-state index contributed by atoms with van der Waals surface area (Å²) in [7, 11) is 0. The van der Waals surface area contributed by atoms with Crippen molar-refractivity contribution in [2.24, 2.45) is 17.3 Å². The van der Waals surface area contributed by atoms with Crippen LogP contribution in [0, 0.1) is 17.3 Å². The zero-order chi connectivity index (χ0) is 19.0. The third kappa shape index (κ3) is 15.9. The summed E-state index contributed by atoms with van der Waals surface area (Å²) in [5, 5.41) is 0. The van der Waals surface area contributed by atoms with Crippen LogP contribution in [0.5, 0.6) is 0 Å². The maximum atomic E-state index is 2.45. The van der Waals surface area contributed by atoms with Gasteiger partial charge in [-0.1, -0.05) is 144 Å². The lowest BCUT2D eigenvalue weighted by molar-refractivity contribution is 0.233. The molecule has 0 aliphatic carbocycles. The Labute approximate surface area is 161 Å². The van der Waals surface area contributed by atoms with Gasteiger partial charge in [0.05, 0.1) is 0 Å². The summed E-state index contributed by atoms with van der Waals surface area (Å²) >= 11 is 0. The minimum Gasteiger partial charge on any atom is -0.0654 e. The Hall–Kier alpha value is 0. The largest absolute Gasteiger partial charge is 0.0654 e. The van der Waals surface area contributed by atoms with Gasteiger partial charge in [0, 0.05) is 0 Å². The first-order valence-corrected chi connectivity index (χ1v) is 11.9. The van der Waals surface area contributed by atoms with Gasteiger partial charge in [-0.05, 0) is 17.3 Å². The quantitative estimate of drug-likeness (QED) is 0.228. The van der Waals surface area contributed by atoms with Gasteiger partial charge in [-0.2, -0.15) is 0 Å². The zero-order valence-corrected chi connectivity index (χ0v) is 19.0. The molecule has 0 heterocycles. The molecule has 152 valence electrons. The predicted octanol–water partition coefficient (Wildman–Crippen LogP) is 9.57. The molecule has 2 unspecified atom stereocenters. The number of rotatable bonds is 17. The molecule has 0 heteroatoms. The van der Waals surface area contributed by atoms with E-state index in [2.05, 4.69) is 41.5 Å². The van der Waals surface area contributed by atoms with Crippen LogP contribution in [0.4, 0.5) is 0 Å². The van der Waals surface area contributed by atoms with Gasteiger partial charge in [0.2, 0.25) is 0 Å². The highest BCUT2D eigenvalue weighted by molar-refractivity contribution is 4.71. The normalized spacial score (nSPS) is 14.6. The van der Waals surface area contributed by atoms with E-state index in [0.717, 1.165) is 11.8 Å². The third-order valence-corrected chi connectivity index (χ3v) is 6.41. The van der Waals surface area contributed by atoms with Gasteiger partial charge < -0.3 is 0 Å². The smallest absolute Gasteiger partial charge is 0.0357 e. The molecule has 0 radical (unpaired) electrons. The minimum absolute atomic E-state index is 0.481. The maximum Gasteiger partial charge on any atom is -0.0357 e. The lowest BCUT2D eigenvalue weighted by atomic mass is 9.78. The fourth-order valence-corrected chi connectivity index (χ4v) is 3.83. The third-order valence-electron chi connectivity index (χ3n) is 6.41. The fourth-order valence-electron chi connectivity index (χ4n) is 3.83. The van der Waals surface area contributed by atoms with E-state index in [0.29, 0.717) is 5.41 Å². The van der Waals surface area contributed by atoms with E-state index in [1.807, 2.05) is 0 Å². The molecule has 0 saturated heterocycles. The summed E-state index contributed by atoms with van der Waals surface area (Å²) in [6.07, 6.45) is 23.3. The summed E-state index contributed by atoms with van der Waals surface area (Å²) in [6.45, 7) is 14.3. The first-order chi connectivity index (χ1) is 11.9. The molecule has 0 spiro atoms. The molecule has 0 bridgehead atoms. The van der Waals surface area contributed by atoms with Crippen LogP contribution in [-0.2, 0) is 0 Å². The van der Waals surface area contributed by atoms with Crippen molar-refractivity contribution in [2.75, 3.05) is 0 Å². The maximum absolute atomic E-state index is 2.45. The highest BCUT2D eigenvalue weighted by Crippen LogP contribution is 2.31. The second-order valence-electron chi connectivity index (χ2n) is 9.82. The van der Waals surface area contributed by atoms with Crippen LogP contribution in [0.15, 0.2) is 0 Å². The van der Waals surface area contributed by atoms with Gasteiger partial charge in [-0.15, -0.1) is 0 Å². The van der Waals surface area contributed by atoms with E-state index in [1.54, 1.807) is 0 Å². The molecule has 0 fully saturated rings. The zero-order valence-electron chi connectivity index (χ0n) is 19.0. The average molecular weight is 353 g/mol. The van der Waals surface area contributed by atoms with Crippen LogP contribution in [0.2, 0.25) is 0 Å². The summed E-state index contributed by atoms with van der Waals surface area (Å²) < 4.78 is 0. The van der Waals surface area contributed by atoms with Crippen LogP contribution in [0.3, 0.4) is 0 Å². The summed E-state index contributed by atoms with van der Waals surface area (Å²) in [5.41, 5.74) is 0.481. The molecular formula is C25H52. The summed E-state index contributed by atoms with van der Waals surface area (Å²) in [4.78, 5) is 0. The first kappa shape index (κ1) is 25.0. The van der Waals surface area contributed by atoms with Crippen molar-refractivity contribution in [1.82, 2.24) is 0 Å². The second-order valence-corrected chi connectivity index (χ2v) is 9.82. The molecular weight excluding hydrogens is 300 g/mol. The van der Waals surface area contributed by atoms with Crippen molar-refractivity contribution in [3.63, 3.8) is 0 Å². The lowest BCUT2D eigenvalue weighted by Gasteiger charge is -2.28. The molecule has 2 atom stereocenters. The SMILES string of the molecule is CCCCCCCCC(CCCCCCC)CCCC(C)C(C)(C)C. The van der Waals surface area contributed by atoms with E-state index in [-0.39, 0.29) is 0 Å². The second kappa shape index (κ2) is 16.2. The van der Waals surface area contributed by atoms with Crippen LogP contribution in [0.1, 0.15) is 144 Å². The molecule has 0 nitrogen and oxygen atoms in total. The topological polar surface area (TPSA) is 0 Å². The highest BCUT2D eigenvalue weighted by atomic mass is 14.3. The van der Waals surface area contributed by atoms with E-state index < -0.39 is 0 Å². The molecule has 0 N–H and O–H groups in total. The Bertz CT molecular complexity index is 260. The predicted molar refractivity (Wildman–Crippen MR) is 117 cm³/mol. The molecule has 25 heavy (non-hydrogen) atoms. The molecule has 0 aliphatic rings.